The van der Waals surface area contributed by atoms with Crippen molar-refractivity contribution in [2.45, 2.75) is 44.3 Å². The van der Waals surface area contributed by atoms with E-state index in [0.29, 0.717) is 36.1 Å². The Balaban J connectivity index is 1.36. The zero-order chi connectivity index (χ0) is 24.1. The van der Waals surface area contributed by atoms with Gasteiger partial charge in [-0.3, -0.25) is 0 Å². The fourth-order valence-electron chi connectivity index (χ4n) is 4.65. The second kappa shape index (κ2) is 10.8. The molecule has 0 atom stereocenters. The lowest BCUT2D eigenvalue weighted by atomic mass is 9.91. The molecule has 0 spiro atoms. The van der Waals surface area contributed by atoms with Crippen molar-refractivity contribution in [3.63, 3.8) is 0 Å². The van der Waals surface area contributed by atoms with E-state index in [1.165, 1.54) is 0 Å². The van der Waals surface area contributed by atoms with Crippen molar-refractivity contribution in [1.29, 1.82) is 0 Å². The van der Waals surface area contributed by atoms with Gasteiger partial charge in [0, 0.05) is 43.7 Å². The van der Waals surface area contributed by atoms with Crippen LogP contribution >= 0.6 is 0 Å². The van der Waals surface area contributed by atoms with Crippen LogP contribution < -0.4 is 29.7 Å². The maximum Gasteiger partial charge on any atom is 0.225 e. The van der Waals surface area contributed by atoms with Crippen molar-refractivity contribution in [1.82, 2.24) is 15.3 Å². The summed E-state index contributed by atoms with van der Waals surface area (Å²) in [6.07, 6.45) is 4.30. The van der Waals surface area contributed by atoms with Gasteiger partial charge in [0.1, 0.15) is 5.82 Å². The van der Waals surface area contributed by atoms with Crippen molar-refractivity contribution in [2.75, 3.05) is 45.6 Å². The number of ether oxygens (including phenoxy) is 3. The monoisotopic (exact) mass is 465 g/mol. The molecule has 0 aliphatic heterocycles. The van der Waals surface area contributed by atoms with Crippen molar-refractivity contribution < 1.29 is 14.2 Å². The Morgan fingerprint density at radius 2 is 1.56 bits per heavy atom. The van der Waals surface area contributed by atoms with Crippen molar-refractivity contribution >= 4 is 22.7 Å². The second-order valence-electron chi connectivity index (χ2n) is 8.85. The quantitative estimate of drug-likeness (QED) is 0.486. The zero-order valence-corrected chi connectivity index (χ0v) is 20.7. The van der Waals surface area contributed by atoms with Crippen LogP contribution in [0.3, 0.4) is 0 Å². The van der Waals surface area contributed by atoms with Gasteiger partial charge < -0.3 is 29.7 Å². The molecule has 2 aromatic carbocycles. The van der Waals surface area contributed by atoms with Gasteiger partial charge in [0.2, 0.25) is 11.7 Å². The van der Waals surface area contributed by atoms with E-state index in [0.717, 1.165) is 53.7 Å². The predicted molar refractivity (Wildman–Crippen MR) is 136 cm³/mol. The Labute approximate surface area is 201 Å². The van der Waals surface area contributed by atoms with Crippen LogP contribution in [0.25, 0.3) is 10.9 Å². The van der Waals surface area contributed by atoms with Crippen LogP contribution in [0.2, 0.25) is 0 Å². The van der Waals surface area contributed by atoms with Crippen molar-refractivity contribution in [3.05, 3.63) is 42.0 Å². The molecule has 0 saturated heterocycles. The number of fused-ring (bicyclic) bond motifs is 1. The molecule has 2 N–H and O–H groups in total. The molecular formula is C26H35N5O3. The van der Waals surface area contributed by atoms with E-state index in [4.69, 9.17) is 24.2 Å². The molecule has 1 aliphatic carbocycles. The fourth-order valence-corrected chi connectivity index (χ4v) is 4.65. The summed E-state index contributed by atoms with van der Waals surface area (Å²) >= 11 is 0. The molecule has 0 unspecified atom stereocenters. The smallest absolute Gasteiger partial charge is 0.225 e. The number of anilines is 2. The first-order valence-electron chi connectivity index (χ1n) is 11.8. The van der Waals surface area contributed by atoms with Gasteiger partial charge in [-0.1, -0.05) is 18.2 Å². The molecular weight excluding hydrogens is 430 g/mol. The molecule has 182 valence electrons. The Kier molecular flexibility index (Phi) is 7.57. The molecule has 1 fully saturated rings. The first-order valence-corrected chi connectivity index (χ1v) is 11.8. The van der Waals surface area contributed by atoms with Crippen LogP contribution in [0, 0.1) is 0 Å². The van der Waals surface area contributed by atoms with E-state index in [9.17, 15) is 0 Å². The summed E-state index contributed by atoms with van der Waals surface area (Å²) in [7, 11) is 8.96. The summed E-state index contributed by atoms with van der Waals surface area (Å²) < 4.78 is 16.5. The lowest BCUT2D eigenvalue weighted by Gasteiger charge is -2.30. The van der Waals surface area contributed by atoms with Gasteiger partial charge in [0.05, 0.1) is 26.8 Å². The van der Waals surface area contributed by atoms with E-state index in [2.05, 4.69) is 16.7 Å². The molecule has 1 aromatic heterocycles. The van der Waals surface area contributed by atoms with Crippen LogP contribution in [0.4, 0.5) is 11.8 Å². The van der Waals surface area contributed by atoms with Crippen molar-refractivity contribution in [3.8, 4) is 17.2 Å². The molecule has 0 radical (unpaired) electrons. The lowest BCUT2D eigenvalue weighted by molar-refractivity contribution is 0.318. The second-order valence-corrected chi connectivity index (χ2v) is 8.85. The normalized spacial score (nSPS) is 17.9. The third kappa shape index (κ3) is 5.12. The molecule has 34 heavy (non-hydrogen) atoms. The maximum absolute atomic E-state index is 5.62. The average molecular weight is 466 g/mol. The molecule has 1 saturated carbocycles. The molecule has 1 aliphatic rings. The molecule has 0 amide bonds. The maximum atomic E-state index is 5.62. The predicted octanol–water partition coefficient (Wildman–Crippen LogP) is 4.23. The average Bonchev–Trinajstić information content (AvgIpc) is 2.87. The number of aromatic nitrogens is 2. The highest BCUT2D eigenvalue weighted by Crippen LogP contribution is 2.39. The van der Waals surface area contributed by atoms with E-state index in [1.54, 1.807) is 21.3 Å². The Hall–Kier alpha value is -3.26. The standard InChI is InChI=1S/C26H35N5O3/c1-31(2)25-20-8-6-7-9-21(20)29-26(30-25)28-19-13-11-18(12-14-19)27-16-17-10-15-22(32-3)24(34-5)23(17)33-4/h6-10,15,18-19,27H,11-14,16H2,1-5H3,(H,28,29,30)/t18-,19+. The Bertz CT molecular complexity index is 1110. The van der Waals surface area contributed by atoms with Gasteiger partial charge in [-0.25, -0.2) is 4.98 Å². The van der Waals surface area contributed by atoms with Gasteiger partial charge >= 0.3 is 0 Å². The van der Waals surface area contributed by atoms with Crippen LogP contribution in [-0.2, 0) is 6.54 Å². The first-order chi connectivity index (χ1) is 16.5. The number of benzene rings is 2. The van der Waals surface area contributed by atoms with Crippen LogP contribution in [0.5, 0.6) is 17.2 Å². The van der Waals surface area contributed by atoms with Gasteiger partial charge in [0.15, 0.2) is 11.5 Å². The van der Waals surface area contributed by atoms with Crippen LogP contribution in [0.15, 0.2) is 36.4 Å². The van der Waals surface area contributed by atoms with Gasteiger partial charge in [-0.05, 0) is 43.9 Å². The molecule has 0 bridgehead atoms. The number of rotatable bonds is 9. The third-order valence-corrected chi connectivity index (χ3v) is 6.43. The number of hydrogen-bond donors (Lipinski definition) is 2. The first kappa shape index (κ1) is 23.9. The summed E-state index contributed by atoms with van der Waals surface area (Å²) in [6, 6.07) is 12.9. The van der Waals surface area contributed by atoms with Crippen LogP contribution in [0.1, 0.15) is 31.2 Å². The summed E-state index contributed by atoms with van der Waals surface area (Å²) in [4.78, 5) is 11.6. The summed E-state index contributed by atoms with van der Waals surface area (Å²) in [5.74, 6) is 3.66. The lowest BCUT2D eigenvalue weighted by Crippen LogP contribution is -2.37. The minimum Gasteiger partial charge on any atom is -0.493 e. The van der Waals surface area contributed by atoms with E-state index in [-0.39, 0.29) is 0 Å². The molecule has 4 rings (SSSR count). The third-order valence-electron chi connectivity index (χ3n) is 6.43. The van der Waals surface area contributed by atoms with Gasteiger partial charge in [0.25, 0.3) is 0 Å². The van der Waals surface area contributed by atoms with E-state index >= 15 is 0 Å². The molecule has 1 heterocycles. The van der Waals surface area contributed by atoms with E-state index in [1.807, 2.05) is 49.3 Å². The number of methoxy groups -OCH3 is 3. The SMILES string of the molecule is COc1ccc(CN[C@H]2CC[C@@H](Nc3nc(N(C)C)c4ccccc4n3)CC2)c(OC)c1OC. The highest BCUT2D eigenvalue weighted by Gasteiger charge is 2.23. The number of nitrogens with one attached hydrogen (secondary N) is 2. The Morgan fingerprint density at radius 1 is 0.853 bits per heavy atom. The largest absolute Gasteiger partial charge is 0.493 e. The number of para-hydroxylation sites is 1. The number of hydrogen-bond acceptors (Lipinski definition) is 8. The van der Waals surface area contributed by atoms with Gasteiger partial charge in [-0.2, -0.15) is 4.98 Å². The van der Waals surface area contributed by atoms with Gasteiger partial charge in [-0.15, -0.1) is 0 Å². The Morgan fingerprint density at radius 3 is 2.24 bits per heavy atom. The fraction of sp³-hybridized carbons (Fsp3) is 0.462. The topological polar surface area (TPSA) is 80.8 Å². The zero-order valence-electron chi connectivity index (χ0n) is 20.7. The van der Waals surface area contributed by atoms with Crippen molar-refractivity contribution in [2.24, 2.45) is 0 Å². The highest BCUT2D eigenvalue weighted by molar-refractivity contribution is 5.90. The van der Waals surface area contributed by atoms with Crippen LogP contribution in [-0.4, -0.2) is 57.5 Å². The van der Waals surface area contributed by atoms with E-state index < -0.39 is 0 Å². The summed E-state index contributed by atoms with van der Waals surface area (Å²) in [5.41, 5.74) is 2.02. The molecule has 3 aromatic rings. The minimum absolute atomic E-state index is 0.366. The summed E-state index contributed by atoms with van der Waals surface area (Å²) in [5, 5.41) is 8.34. The minimum atomic E-state index is 0.366. The summed E-state index contributed by atoms with van der Waals surface area (Å²) in [6.45, 7) is 0.715. The molecule has 8 nitrogen and oxygen atoms in total. The highest BCUT2D eigenvalue weighted by atomic mass is 16.5. The molecule has 8 heteroatoms. The number of nitrogens with zero attached hydrogens (tertiary/aromatic N) is 3.